The number of rotatable bonds is 4. The maximum atomic E-state index is 13.2. The van der Waals surface area contributed by atoms with Crippen LogP contribution in [-0.2, 0) is 17.1 Å². The number of nitrogens with zero attached hydrogens (tertiary/aromatic N) is 3. The summed E-state index contributed by atoms with van der Waals surface area (Å²) in [4.78, 5) is 13.6. The van der Waals surface area contributed by atoms with Crippen LogP contribution >= 0.6 is 11.6 Å². The van der Waals surface area contributed by atoms with Gasteiger partial charge in [0, 0.05) is 19.2 Å². The van der Waals surface area contributed by atoms with Gasteiger partial charge < -0.3 is 4.57 Å². The van der Waals surface area contributed by atoms with Gasteiger partial charge in [0.2, 0.25) is 5.03 Å². The number of nitro benzene ring substituents is 1. The van der Waals surface area contributed by atoms with E-state index in [4.69, 9.17) is 11.6 Å². The number of nitrogens with one attached hydrogen (secondary N) is 1. The molecule has 0 aliphatic heterocycles. The number of aromatic nitrogens is 2. The van der Waals surface area contributed by atoms with Crippen molar-refractivity contribution in [1.82, 2.24) is 9.55 Å². The van der Waals surface area contributed by atoms with Crippen LogP contribution in [0, 0.1) is 15.9 Å². The Morgan fingerprint density at radius 1 is 1.48 bits per heavy atom. The second-order valence-corrected chi connectivity index (χ2v) is 5.93. The molecule has 0 aliphatic rings. The smallest absolute Gasteiger partial charge is 0.293 e. The van der Waals surface area contributed by atoms with E-state index in [-0.39, 0.29) is 5.15 Å². The van der Waals surface area contributed by atoms with Crippen LogP contribution in [-0.4, -0.2) is 22.9 Å². The maximum absolute atomic E-state index is 13.2. The molecule has 0 radical (unpaired) electrons. The number of anilines is 1. The van der Waals surface area contributed by atoms with Gasteiger partial charge in [0.05, 0.1) is 11.3 Å². The molecule has 0 aliphatic carbocycles. The number of nitro groups is 1. The van der Waals surface area contributed by atoms with Crippen LogP contribution < -0.4 is 4.72 Å². The summed E-state index contributed by atoms with van der Waals surface area (Å²) in [6, 6.07) is 2.41. The summed E-state index contributed by atoms with van der Waals surface area (Å²) < 4.78 is 40.5. The fourth-order valence-corrected chi connectivity index (χ4v) is 3.01. The molecule has 11 heteroatoms. The molecule has 1 N–H and O–H groups in total. The van der Waals surface area contributed by atoms with Gasteiger partial charge in [0.25, 0.3) is 15.7 Å². The molecule has 1 heterocycles. The molecular weight excluding hydrogens is 327 g/mol. The summed E-state index contributed by atoms with van der Waals surface area (Å²) >= 11 is 5.77. The van der Waals surface area contributed by atoms with Crippen LogP contribution in [0.25, 0.3) is 0 Å². The summed E-state index contributed by atoms with van der Waals surface area (Å²) in [6.45, 7) is 0. The van der Waals surface area contributed by atoms with Crippen molar-refractivity contribution in [2.24, 2.45) is 7.05 Å². The zero-order valence-corrected chi connectivity index (χ0v) is 12.0. The summed E-state index contributed by atoms with van der Waals surface area (Å²) in [5, 5.41) is 10.1. The second-order valence-electron chi connectivity index (χ2n) is 3.98. The molecule has 0 spiro atoms. The van der Waals surface area contributed by atoms with E-state index in [1.54, 1.807) is 0 Å². The summed E-state index contributed by atoms with van der Waals surface area (Å²) in [7, 11) is -2.81. The fraction of sp³-hybridized carbons (Fsp3) is 0.100. The van der Waals surface area contributed by atoms with Gasteiger partial charge in [-0.2, -0.15) is 8.42 Å². The lowest BCUT2D eigenvalue weighted by atomic mass is 10.3. The Hall–Kier alpha value is -2.20. The molecule has 0 saturated heterocycles. The van der Waals surface area contributed by atoms with Crippen molar-refractivity contribution in [1.29, 1.82) is 0 Å². The molecule has 0 saturated carbocycles. The van der Waals surface area contributed by atoms with Crippen molar-refractivity contribution in [2.75, 3.05) is 4.72 Å². The molecule has 0 amide bonds. The third-order valence-corrected chi connectivity index (χ3v) is 4.34. The van der Waals surface area contributed by atoms with Crippen molar-refractivity contribution in [2.45, 2.75) is 5.03 Å². The highest BCUT2D eigenvalue weighted by molar-refractivity contribution is 7.92. The van der Waals surface area contributed by atoms with E-state index in [0.717, 1.165) is 18.5 Å². The number of halogens is 2. The van der Waals surface area contributed by atoms with Crippen molar-refractivity contribution in [3.63, 3.8) is 0 Å². The van der Waals surface area contributed by atoms with Crippen molar-refractivity contribution in [3.8, 4) is 0 Å². The molecule has 0 bridgehead atoms. The Morgan fingerprint density at radius 2 is 2.14 bits per heavy atom. The van der Waals surface area contributed by atoms with Crippen molar-refractivity contribution >= 4 is 33.0 Å². The molecule has 1 aromatic carbocycles. The lowest BCUT2D eigenvalue weighted by Crippen LogP contribution is -2.15. The first-order valence-electron chi connectivity index (χ1n) is 5.36. The first-order chi connectivity index (χ1) is 9.72. The number of benzene rings is 1. The Morgan fingerprint density at radius 3 is 2.67 bits per heavy atom. The lowest BCUT2D eigenvalue weighted by Gasteiger charge is -2.07. The third kappa shape index (κ3) is 2.95. The largest absolute Gasteiger partial charge is 0.324 e. The third-order valence-electron chi connectivity index (χ3n) is 2.49. The fourth-order valence-electron chi connectivity index (χ4n) is 1.52. The van der Waals surface area contributed by atoms with E-state index in [0.29, 0.717) is 6.07 Å². The molecular formula is C10H8ClFN4O4S. The van der Waals surface area contributed by atoms with E-state index in [1.807, 2.05) is 4.72 Å². The van der Waals surface area contributed by atoms with E-state index in [1.165, 1.54) is 11.6 Å². The van der Waals surface area contributed by atoms with Crippen LogP contribution in [0.15, 0.2) is 29.6 Å². The lowest BCUT2D eigenvalue weighted by molar-refractivity contribution is -0.383. The minimum atomic E-state index is -4.28. The van der Waals surface area contributed by atoms with Crippen LogP contribution in [0.3, 0.4) is 0 Å². The highest BCUT2D eigenvalue weighted by Crippen LogP contribution is 2.28. The van der Waals surface area contributed by atoms with Gasteiger partial charge in [-0.1, -0.05) is 11.6 Å². The van der Waals surface area contributed by atoms with E-state index in [9.17, 15) is 22.9 Å². The zero-order chi connectivity index (χ0) is 15.8. The average Bonchev–Trinajstić information content (AvgIpc) is 2.69. The van der Waals surface area contributed by atoms with Crippen LogP contribution in [0.2, 0.25) is 5.15 Å². The maximum Gasteiger partial charge on any atom is 0.293 e. The van der Waals surface area contributed by atoms with Gasteiger partial charge in [-0.05, 0) is 6.07 Å². The predicted octanol–water partition coefficient (Wildman–Crippen LogP) is 1.92. The first-order valence-corrected chi connectivity index (χ1v) is 7.22. The predicted molar refractivity (Wildman–Crippen MR) is 72.1 cm³/mol. The molecule has 0 atom stereocenters. The van der Waals surface area contributed by atoms with Crippen LogP contribution in [0.4, 0.5) is 15.8 Å². The SMILES string of the molecule is Cn1cnc(S(=O)(=O)Nc2cc(F)ccc2[N+](=O)[O-])c1Cl. The molecule has 8 nitrogen and oxygen atoms in total. The van der Waals surface area contributed by atoms with Gasteiger partial charge in [0.15, 0.2) is 0 Å². The number of aryl methyl sites for hydroxylation is 1. The molecule has 2 aromatic rings. The van der Waals surface area contributed by atoms with Crippen molar-refractivity contribution in [3.05, 3.63) is 45.6 Å². The normalized spacial score (nSPS) is 11.4. The number of sulfonamides is 1. The van der Waals surface area contributed by atoms with Gasteiger partial charge in [0.1, 0.15) is 16.7 Å². The van der Waals surface area contributed by atoms with E-state index < -0.39 is 37.2 Å². The Balaban J connectivity index is 2.49. The van der Waals surface area contributed by atoms with Crippen LogP contribution in [0.1, 0.15) is 0 Å². The minimum absolute atomic E-state index is 0.179. The monoisotopic (exact) mass is 334 g/mol. The molecule has 2 rings (SSSR count). The highest BCUT2D eigenvalue weighted by atomic mass is 35.5. The highest BCUT2D eigenvalue weighted by Gasteiger charge is 2.26. The summed E-state index contributed by atoms with van der Waals surface area (Å²) in [5.41, 5.74) is -1.10. The van der Waals surface area contributed by atoms with Gasteiger partial charge >= 0.3 is 0 Å². The van der Waals surface area contributed by atoms with E-state index >= 15 is 0 Å². The number of imidazole rings is 1. The van der Waals surface area contributed by atoms with Crippen molar-refractivity contribution < 1.29 is 17.7 Å². The molecule has 1 aromatic heterocycles. The minimum Gasteiger partial charge on any atom is -0.324 e. The average molecular weight is 335 g/mol. The standard InChI is InChI=1S/C10H8ClFN4O4S/c1-15-5-13-10(9(15)11)21(19,20)14-7-4-6(12)2-3-8(7)16(17)18/h2-5,14H,1H3. The van der Waals surface area contributed by atoms with E-state index in [2.05, 4.69) is 4.98 Å². The topological polar surface area (TPSA) is 107 Å². The number of hydrogen-bond acceptors (Lipinski definition) is 5. The molecule has 0 unspecified atom stereocenters. The molecule has 21 heavy (non-hydrogen) atoms. The quantitative estimate of drug-likeness (QED) is 0.679. The Labute approximate surface area is 123 Å². The summed E-state index contributed by atoms with van der Waals surface area (Å²) in [6.07, 6.45) is 1.16. The van der Waals surface area contributed by atoms with Gasteiger partial charge in [-0.15, -0.1) is 0 Å². The second kappa shape index (κ2) is 5.30. The van der Waals surface area contributed by atoms with Crippen LogP contribution in [0.5, 0.6) is 0 Å². The summed E-state index contributed by atoms with van der Waals surface area (Å²) in [5.74, 6) is -0.828. The zero-order valence-electron chi connectivity index (χ0n) is 10.4. The van der Waals surface area contributed by atoms with Gasteiger partial charge in [-0.3, -0.25) is 14.8 Å². The Kier molecular flexibility index (Phi) is 3.83. The Bertz CT molecular complexity index is 820. The van der Waals surface area contributed by atoms with Gasteiger partial charge in [-0.25, -0.2) is 9.37 Å². The molecule has 112 valence electrons. The first kappa shape index (κ1) is 15.2. The number of hydrogen-bond donors (Lipinski definition) is 1. The molecule has 0 fully saturated rings.